The zero-order chi connectivity index (χ0) is 19.3. The van der Waals surface area contributed by atoms with Crippen LogP contribution in [0.15, 0.2) is 72.8 Å². The Morgan fingerprint density at radius 3 is 2.30 bits per heavy atom. The predicted molar refractivity (Wildman–Crippen MR) is 111 cm³/mol. The van der Waals surface area contributed by atoms with Gasteiger partial charge in [0.2, 0.25) is 0 Å². The number of amides is 1. The van der Waals surface area contributed by atoms with E-state index in [-0.39, 0.29) is 12.1 Å². The molecule has 0 bridgehead atoms. The van der Waals surface area contributed by atoms with Crippen molar-refractivity contribution in [1.82, 2.24) is 5.32 Å². The highest BCUT2D eigenvalue weighted by Gasteiger charge is 2.20. The molecule has 0 fully saturated rings. The maximum atomic E-state index is 12.4. The van der Waals surface area contributed by atoms with Crippen LogP contribution in [-0.2, 0) is 17.6 Å². The summed E-state index contributed by atoms with van der Waals surface area (Å²) in [6.07, 6.45) is 1.13. The summed E-state index contributed by atoms with van der Waals surface area (Å²) in [6, 6.07) is 24.9. The molecule has 3 nitrogen and oxygen atoms in total. The highest BCUT2D eigenvalue weighted by atomic mass is 16.6. The molecule has 0 radical (unpaired) electrons. The third kappa shape index (κ3) is 5.58. The maximum Gasteiger partial charge on any atom is 0.407 e. The summed E-state index contributed by atoms with van der Waals surface area (Å²) >= 11 is 0. The summed E-state index contributed by atoms with van der Waals surface area (Å²) in [5, 5.41) is 5.51. The van der Waals surface area contributed by atoms with Gasteiger partial charge in [-0.1, -0.05) is 72.8 Å². The van der Waals surface area contributed by atoms with Crippen LogP contribution in [0.2, 0.25) is 0 Å². The van der Waals surface area contributed by atoms with Crippen molar-refractivity contribution in [3.63, 3.8) is 0 Å². The fourth-order valence-electron chi connectivity index (χ4n) is 3.28. The molecule has 3 rings (SSSR count). The molecule has 3 aromatic rings. The largest absolute Gasteiger partial charge is 0.444 e. The summed E-state index contributed by atoms with van der Waals surface area (Å²) in [6.45, 7) is 5.64. The van der Waals surface area contributed by atoms with Crippen LogP contribution in [0.5, 0.6) is 0 Å². The lowest BCUT2D eigenvalue weighted by Crippen LogP contribution is -2.41. The van der Waals surface area contributed by atoms with Crippen molar-refractivity contribution in [3.05, 3.63) is 83.9 Å². The molecule has 3 aromatic carbocycles. The molecule has 1 amide bonds. The quantitative estimate of drug-likeness (QED) is 0.650. The lowest BCUT2D eigenvalue weighted by Gasteiger charge is -2.24. The van der Waals surface area contributed by atoms with Crippen LogP contribution >= 0.6 is 0 Å². The molecule has 0 saturated carbocycles. The van der Waals surface area contributed by atoms with Crippen LogP contribution in [-0.4, -0.2) is 17.7 Å². The minimum absolute atomic E-state index is 0.0481. The Balaban J connectivity index is 1.83. The zero-order valence-corrected chi connectivity index (χ0v) is 16.2. The summed E-state index contributed by atoms with van der Waals surface area (Å²) in [4.78, 5) is 12.4. The number of carbonyl (C=O) groups excluding carboxylic acids is 1. The Hall–Kier alpha value is -2.81. The average molecular weight is 361 g/mol. The van der Waals surface area contributed by atoms with E-state index in [1.165, 1.54) is 21.9 Å². The van der Waals surface area contributed by atoms with Gasteiger partial charge in [-0.25, -0.2) is 4.79 Å². The molecule has 0 aliphatic carbocycles. The SMILES string of the molecule is CC(C)(C)OC(=O)N[C@@H](Cc1ccccc1)Cc1cccc2ccccc12. The number of alkyl carbamates (subject to hydrolysis) is 1. The molecule has 1 N–H and O–H groups in total. The highest BCUT2D eigenvalue weighted by Crippen LogP contribution is 2.21. The average Bonchev–Trinajstić information content (AvgIpc) is 2.61. The lowest BCUT2D eigenvalue weighted by molar-refractivity contribution is 0.0504. The third-order valence-corrected chi connectivity index (χ3v) is 4.39. The predicted octanol–water partition coefficient (Wildman–Crippen LogP) is 5.52. The highest BCUT2D eigenvalue weighted by molar-refractivity contribution is 5.85. The molecule has 140 valence electrons. The van der Waals surface area contributed by atoms with E-state index in [1.807, 2.05) is 45.0 Å². The molecular weight excluding hydrogens is 334 g/mol. The Morgan fingerprint density at radius 1 is 0.889 bits per heavy atom. The number of rotatable bonds is 5. The molecule has 27 heavy (non-hydrogen) atoms. The van der Waals surface area contributed by atoms with E-state index in [0.29, 0.717) is 0 Å². The Labute approximate surface area is 161 Å². The molecule has 0 unspecified atom stereocenters. The van der Waals surface area contributed by atoms with Gasteiger partial charge in [0.25, 0.3) is 0 Å². The standard InChI is InChI=1S/C24H27NO2/c1-24(2,3)27-23(26)25-21(16-18-10-5-4-6-11-18)17-20-14-9-13-19-12-7-8-15-22(19)20/h4-15,21H,16-17H2,1-3H3,(H,25,26)/t21-/m0/s1. The first-order valence-electron chi connectivity index (χ1n) is 9.41. The van der Waals surface area contributed by atoms with Gasteiger partial charge in [0.1, 0.15) is 5.60 Å². The number of carbonyl (C=O) groups is 1. The second kappa shape index (κ2) is 8.26. The summed E-state index contributed by atoms with van der Waals surface area (Å²) < 4.78 is 5.48. The molecule has 0 aliphatic rings. The Morgan fingerprint density at radius 2 is 1.56 bits per heavy atom. The Bertz CT molecular complexity index is 892. The van der Waals surface area contributed by atoms with Crippen LogP contribution in [0.4, 0.5) is 4.79 Å². The number of hydrogen-bond donors (Lipinski definition) is 1. The van der Waals surface area contributed by atoms with Gasteiger partial charge in [-0.05, 0) is 55.5 Å². The monoisotopic (exact) mass is 361 g/mol. The number of nitrogens with one attached hydrogen (secondary N) is 1. The second-order valence-electron chi connectivity index (χ2n) is 7.88. The first kappa shape index (κ1) is 19.0. The number of benzene rings is 3. The van der Waals surface area contributed by atoms with Crippen molar-refractivity contribution in [2.24, 2.45) is 0 Å². The topological polar surface area (TPSA) is 38.3 Å². The van der Waals surface area contributed by atoms with Gasteiger partial charge in [0.15, 0.2) is 0 Å². The van der Waals surface area contributed by atoms with Gasteiger partial charge >= 0.3 is 6.09 Å². The van der Waals surface area contributed by atoms with Crippen LogP contribution in [0.3, 0.4) is 0 Å². The fraction of sp³-hybridized carbons (Fsp3) is 0.292. The number of ether oxygens (including phenoxy) is 1. The van der Waals surface area contributed by atoms with Gasteiger partial charge < -0.3 is 10.1 Å². The fourth-order valence-corrected chi connectivity index (χ4v) is 3.28. The normalized spacial score (nSPS) is 12.6. The van der Waals surface area contributed by atoms with Crippen molar-refractivity contribution in [1.29, 1.82) is 0 Å². The molecule has 0 aromatic heterocycles. The zero-order valence-electron chi connectivity index (χ0n) is 16.2. The van der Waals surface area contributed by atoms with E-state index in [0.717, 1.165) is 12.8 Å². The van der Waals surface area contributed by atoms with Crippen LogP contribution < -0.4 is 5.32 Å². The smallest absolute Gasteiger partial charge is 0.407 e. The molecule has 1 atom stereocenters. The number of fused-ring (bicyclic) bond motifs is 1. The summed E-state index contributed by atoms with van der Waals surface area (Å²) in [7, 11) is 0. The van der Waals surface area contributed by atoms with Gasteiger partial charge in [0.05, 0.1) is 0 Å². The van der Waals surface area contributed by atoms with Gasteiger partial charge in [0, 0.05) is 6.04 Å². The van der Waals surface area contributed by atoms with Gasteiger partial charge in [-0.3, -0.25) is 0 Å². The van der Waals surface area contributed by atoms with E-state index in [9.17, 15) is 4.79 Å². The van der Waals surface area contributed by atoms with Crippen LogP contribution in [0.1, 0.15) is 31.9 Å². The lowest BCUT2D eigenvalue weighted by atomic mass is 9.95. The van der Waals surface area contributed by atoms with Crippen molar-refractivity contribution < 1.29 is 9.53 Å². The molecular formula is C24H27NO2. The first-order chi connectivity index (χ1) is 12.9. The molecule has 3 heteroatoms. The number of hydrogen-bond acceptors (Lipinski definition) is 2. The third-order valence-electron chi connectivity index (χ3n) is 4.39. The molecule has 0 heterocycles. The first-order valence-corrected chi connectivity index (χ1v) is 9.41. The van der Waals surface area contributed by atoms with Crippen LogP contribution in [0, 0.1) is 0 Å². The van der Waals surface area contributed by atoms with Crippen molar-refractivity contribution in [2.75, 3.05) is 0 Å². The summed E-state index contributed by atoms with van der Waals surface area (Å²) in [5.74, 6) is 0. The minimum atomic E-state index is -0.513. The van der Waals surface area contributed by atoms with Crippen molar-refractivity contribution >= 4 is 16.9 Å². The maximum absolute atomic E-state index is 12.4. The van der Waals surface area contributed by atoms with E-state index < -0.39 is 5.60 Å². The van der Waals surface area contributed by atoms with Crippen molar-refractivity contribution in [2.45, 2.75) is 45.3 Å². The Kier molecular flexibility index (Phi) is 5.80. The van der Waals surface area contributed by atoms with Gasteiger partial charge in [-0.2, -0.15) is 0 Å². The minimum Gasteiger partial charge on any atom is -0.444 e. The summed E-state index contributed by atoms with van der Waals surface area (Å²) in [5.41, 5.74) is 1.91. The van der Waals surface area contributed by atoms with Crippen LogP contribution in [0.25, 0.3) is 10.8 Å². The molecule has 0 saturated heterocycles. The van der Waals surface area contributed by atoms with Crippen molar-refractivity contribution in [3.8, 4) is 0 Å². The van der Waals surface area contributed by atoms with E-state index in [2.05, 4.69) is 53.8 Å². The van der Waals surface area contributed by atoms with Gasteiger partial charge in [-0.15, -0.1) is 0 Å². The molecule has 0 spiro atoms. The van der Waals surface area contributed by atoms with E-state index >= 15 is 0 Å². The van der Waals surface area contributed by atoms with E-state index in [4.69, 9.17) is 4.74 Å². The molecule has 0 aliphatic heterocycles. The second-order valence-corrected chi connectivity index (χ2v) is 7.88. The van der Waals surface area contributed by atoms with E-state index in [1.54, 1.807) is 0 Å².